The molecule has 0 spiro atoms. The number of ether oxygens (including phenoxy) is 2. The number of rotatable bonds is 6. The molecule has 0 saturated carbocycles. The summed E-state index contributed by atoms with van der Waals surface area (Å²) >= 11 is 0. The van der Waals surface area contributed by atoms with Crippen molar-refractivity contribution in [2.24, 2.45) is 0 Å². The molecule has 1 unspecified atom stereocenters. The van der Waals surface area contributed by atoms with Crippen molar-refractivity contribution in [2.45, 2.75) is 37.6 Å². The Morgan fingerprint density at radius 1 is 1.24 bits per heavy atom. The Hall–Kier alpha value is -1.89. The molecule has 0 radical (unpaired) electrons. The fourth-order valence-electron chi connectivity index (χ4n) is 5.27. The predicted octanol–water partition coefficient (Wildman–Crippen LogP) is 3.23. The fourth-order valence-corrected chi connectivity index (χ4v) is 5.27. The molecular formula is C23H31N3O3. The van der Waals surface area contributed by atoms with Gasteiger partial charge in [0.1, 0.15) is 11.5 Å². The minimum atomic E-state index is -0.165. The maximum absolute atomic E-state index is 6.16. The second-order valence-electron chi connectivity index (χ2n) is 8.73. The van der Waals surface area contributed by atoms with Crippen molar-refractivity contribution >= 4 is 0 Å². The first kappa shape index (κ1) is 19.1. The average Bonchev–Trinajstić information content (AvgIpc) is 3.44. The van der Waals surface area contributed by atoms with E-state index in [4.69, 9.17) is 13.9 Å². The van der Waals surface area contributed by atoms with E-state index < -0.39 is 0 Å². The first-order valence-electron chi connectivity index (χ1n) is 10.9. The predicted molar refractivity (Wildman–Crippen MR) is 110 cm³/mol. The first-order chi connectivity index (χ1) is 14.2. The highest BCUT2D eigenvalue weighted by Gasteiger charge is 2.45. The highest BCUT2D eigenvalue weighted by Crippen LogP contribution is 2.48. The Balaban J connectivity index is 1.31. The molecule has 1 aromatic heterocycles. The molecule has 2 aromatic rings. The van der Waals surface area contributed by atoms with Gasteiger partial charge in [0.25, 0.3) is 0 Å². The largest absolute Gasteiger partial charge is 0.494 e. The molecule has 6 heteroatoms. The van der Waals surface area contributed by atoms with Gasteiger partial charge in [-0.3, -0.25) is 9.80 Å². The van der Waals surface area contributed by atoms with E-state index in [0.29, 0.717) is 6.04 Å². The van der Waals surface area contributed by atoms with Crippen LogP contribution < -0.4 is 4.74 Å². The van der Waals surface area contributed by atoms with E-state index in [1.165, 1.54) is 24.0 Å². The molecule has 0 aliphatic carbocycles. The van der Waals surface area contributed by atoms with Crippen molar-refractivity contribution in [1.29, 1.82) is 0 Å². The minimum Gasteiger partial charge on any atom is -0.494 e. The highest BCUT2D eigenvalue weighted by molar-refractivity contribution is 5.48. The van der Waals surface area contributed by atoms with Gasteiger partial charge in [0.2, 0.25) is 0 Å². The summed E-state index contributed by atoms with van der Waals surface area (Å²) in [5.74, 6) is 1.93. The number of morpholine rings is 1. The van der Waals surface area contributed by atoms with E-state index in [2.05, 4.69) is 39.9 Å². The van der Waals surface area contributed by atoms with Crippen LogP contribution in [0.4, 0.5) is 0 Å². The molecule has 4 heterocycles. The van der Waals surface area contributed by atoms with Gasteiger partial charge in [-0.15, -0.1) is 0 Å². The third-order valence-corrected chi connectivity index (χ3v) is 6.83. The standard InChI is InChI=1S/C23H31N3O3/c1-23(22-15-24-17-29-22)16-26-8-2-4-21(26)19-14-18(5-6-20(19)23)28-11-3-7-25-9-12-27-13-10-25/h5-6,14-15,17,21H,2-4,7-13,16H2,1H3/t21-,23?/m0/s1. The van der Waals surface area contributed by atoms with Gasteiger partial charge in [0.05, 0.1) is 31.4 Å². The second-order valence-corrected chi connectivity index (χ2v) is 8.73. The van der Waals surface area contributed by atoms with E-state index in [9.17, 15) is 0 Å². The Labute approximate surface area is 172 Å². The molecule has 0 amide bonds. The lowest BCUT2D eigenvalue weighted by Gasteiger charge is -2.43. The summed E-state index contributed by atoms with van der Waals surface area (Å²) < 4.78 is 17.3. The van der Waals surface area contributed by atoms with E-state index in [1.807, 2.05) is 6.20 Å². The summed E-state index contributed by atoms with van der Waals surface area (Å²) in [6.07, 6.45) is 6.93. The van der Waals surface area contributed by atoms with Crippen molar-refractivity contribution < 1.29 is 13.9 Å². The molecule has 1 aromatic carbocycles. The maximum atomic E-state index is 6.16. The van der Waals surface area contributed by atoms with Crippen LogP contribution >= 0.6 is 0 Å². The van der Waals surface area contributed by atoms with Crippen LogP contribution in [0.2, 0.25) is 0 Å². The van der Waals surface area contributed by atoms with Gasteiger partial charge in [-0.25, -0.2) is 4.98 Å². The monoisotopic (exact) mass is 397 g/mol. The number of nitrogens with zero attached hydrogens (tertiary/aromatic N) is 3. The first-order valence-corrected chi connectivity index (χ1v) is 10.9. The average molecular weight is 398 g/mol. The highest BCUT2D eigenvalue weighted by atomic mass is 16.5. The maximum Gasteiger partial charge on any atom is 0.180 e. The summed E-state index contributed by atoms with van der Waals surface area (Å²) in [5.41, 5.74) is 2.60. The third-order valence-electron chi connectivity index (χ3n) is 6.83. The number of fused-ring (bicyclic) bond motifs is 3. The second kappa shape index (κ2) is 8.09. The molecule has 0 bridgehead atoms. The summed E-state index contributed by atoms with van der Waals surface area (Å²) in [4.78, 5) is 9.25. The van der Waals surface area contributed by atoms with Crippen molar-refractivity contribution in [3.63, 3.8) is 0 Å². The van der Waals surface area contributed by atoms with Crippen LogP contribution in [0.3, 0.4) is 0 Å². The Morgan fingerprint density at radius 2 is 2.14 bits per heavy atom. The number of hydrogen-bond acceptors (Lipinski definition) is 6. The van der Waals surface area contributed by atoms with Crippen LogP contribution in [-0.4, -0.2) is 67.3 Å². The van der Waals surface area contributed by atoms with Crippen LogP contribution in [0.15, 0.2) is 35.2 Å². The zero-order chi connectivity index (χ0) is 19.7. The van der Waals surface area contributed by atoms with Gasteiger partial charge in [0.15, 0.2) is 6.39 Å². The molecule has 3 aliphatic rings. The normalized spacial score (nSPS) is 27.6. The summed E-state index contributed by atoms with van der Waals surface area (Å²) in [6.45, 7) is 10.0. The number of aromatic nitrogens is 1. The zero-order valence-corrected chi connectivity index (χ0v) is 17.3. The Bertz CT molecular complexity index is 819. The van der Waals surface area contributed by atoms with Crippen LogP contribution in [0, 0.1) is 0 Å². The molecule has 2 fully saturated rings. The summed E-state index contributed by atoms with van der Waals surface area (Å²) in [6, 6.07) is 7.16. The van der Waals surface area contributed by atoms with E-state index >= 15 is 0 Å². The van der Waals surface area contributed by atoms with Gasteiger partial charge in [-0.2, -0.15) is 0 Å². The van der Waals surface area contributed by atoms with Gasteiger partial charge in [0, 0.05) is 32.2 Å². The topological polar surface area (TPSA) is 51.0 Å². The van der Waals surface area contributed by atoms with E-state index in [-0.39, 0.29) is 5.41 Å². The SMILES string of the molecule is CC1(c2cnco2)CN2CCC[C@H]2c2cc(OCCCN3CCOCC3)ccc21. The molecule has 2 saturated heterocycles. The molecular weight excluding hydrogens is 366 g/mol. The zero-order valence-electron chi connectivity index (χ0n) is 17.3. The van der Waals surface area contributed by atoms with Gasteiger partial charge in [-0.1, -0.05) is 6.07 Å². The van der Waals surface area contributed by atoms with E-state index in [0.717, 1.165) is 70.5 Å². The molecule has 29 heavy (non-hydrogen) atoms. The fraction of sp³-hybridized carbons (Fsp3) is 0.609. The number of benzene rings is 1. The summed E-state index contributed by atoms with van der Waals surface area (Å²) in [7, 11) is 0. The Morgan fingerprint density at radius 3 is 2.97 bits per heavy atom. The van der Waals surface area contributed by atoms with Gasteiger partial charge < -0.3 is 13.9 Å². The minimum absolute atomic E-state index is 0.165. The van der Waals surface area contributed by atoms with Crippen LogP contribution in [-0.2, 0) is 10.2 Å². The quantitative estimate of drug-likeness (QED) is 0.698. The molecule has 0 N–H and O–H groups in total. The Kier molecular flexibility index (Phi) is 5.33. The molecule has 6 nitrogen and oxygen atoms in total. The number of oxazole rings is 1. The van der Waals surface area contributed by atoms with Crippen LogP contribution in [0.1, 0.15) is 49.1 Å². The molecule has 3 aliphatic heterocycles. The van der Waals surface area contributed by atoms with E-state index in [1.54, 1.807) is 6.39 Å². The van der Waals surface area contributed by atoms with Crippen molar-refractivity contribution in [1.82, 2.24) is 14.8 Å². The third kappa shape index (κ3) is 3.69. The lowest BCUT2D eigenvalue weighted by Crippen LogP contribution is -2.44. The summed E-state index contributed by atoms with van der Waals surface area (Å²) in [5, 5.41) is 0. The van der Waals surface area contributed by atoms with Crippen LogP contribution in [0.25, 0.3) is 0 Å². The molecule has 2 atom stereocenters. The van der Waals surface area contributed by atoms with Crippen molar-refractivity contribution in [2.75, 3.05) is 52.5 Å². The smallest absolute Gasteiger partial charge is 0.180 e. The van der Waals surface area contributed by atoms with Gasteiger partial charge in [-0.05, 0) is 56.0 Å². The van der Waals surface area contributed by atoms with Crippen molar-refractivity contribution in [3.8, 4) is 5.75 Å². The van der Waals surface area contributed by atoms with Crippen molar-refractivity contribution in [3.05, 3.63) is 47.7 Å². The lowest BCUT2D eigenvalue weighted by atomic mass is 9.73. The van der Waals surface area contributed by atoms with Crippen LogP contribution in [0.5, 0.6) is 5.75 Å². The number of hydrogen-bond donors (Lipinski definition) is 0. The lowest BCUT2D eigenvalue weighted by molar-refractivity contribution is 0.0358. The molecule has 156 valence electrons. The van der Waals surface area contributed by atoms with Gasteiger partial charge >= 0.3 is 0 Å². The molecule has 5 rings (SSSR count).